The summed E-state index contributed by atoms with van der Waals surface area (Å²) in [6, 6.07) is 2.76. The Morgan fingerprint density at radius 1 is 1.47 bits per heavy atom. The summed E-state index contributed by atoms with van der Waals surface area (Å²) in [6.07, 6.45) is 5.85. The van der Waals surface area contributed by atoms with Crippen LogP contribution in [0, 0.1) is 0 Å². The lowest BCUT2D eigenvalue weighted by molar-refractivity contribution is -0.150. The molecule has 0 aliphatic carbocycles. The van der Waals surface area contributed by atoms with Crippen molar-refractivity contribution < 1.29 is 24.3 Å². The zero-order valence-electron chi connectivity index (χ0n) is 19.0. The third-order valence-electron chi connectivity index (χ3n) is 5.01. The maximum absolute atomic E-state index is 13.0. The molecule has 2 aromatic heterocycles. The molecule has 1 fully saturated rings. The minimum absolute atomic E-state index is 0.0810. The van der Waals surface area contributed by atoms with Gasteiger partial charge in [0.25, 0.3) is 11.8 Å². The van der Waals surface area contributed by atoms with Gasteiger partial charge in [-0.25, -0.2) is 9.78 Å². The number of anilines is 1. The Kier molecular flexibility index (Phi) is 8.28. The second-order valence-corrected chi connectivity index (χ2v) is 10.5. The van der Waals surface area contributed by atoms with Crippen molar-refractivity contribution in [1.29, 1.82) is 0 Å². The molecule has 0 aromatic carbocycles. The van der Waals surface area contributed by atoms with E-state index in [0.717, 1.165) is 16.9 Å². The number of nitrogens with one attached hydrogen (secondary N) is 1. The Hall–Kier alpha value is -3.36. The Morgan fingerprint density at radius 2 is 2.31 bits per heavy atom. The molecular weight excluding hydrogens is 524 g/mol. The number of amides is 2. The molecule has 2 amide bonds. The molecule has 2 aromatic rings. The van der Waals surface area contributed by atoms with E-state index in [1.165, 1.54) is 28.4 Å². The Morgan fingerprint density at radius 3 is 2.97 bits per heavy atom. The molecule has 0 spiro atoms. The molecule has 2 aliphatic rings. The van der Waals surface area contributed by atoms with Crippen LogP contribution >= 0.6 is 34.9 Å². The summed E-state index contributed by atoms with van der Waals surface area (Å²) >= 11 is 3.75. The van der Waals surface area contributed by atoms with Gasteiger partial charge in [0.1, 0.15) is 29.4 Å². The average molecular weight is 547 g/mol. The zero-order chi connectivity index (χ0) is 25.7. The monoisotopic (exact) mass is 546 g/mol. The highest BCUT2D eigenvalue weighted by Gasteiger charge is 2.54. The van der Waals surface area contributed by atoms with Crippen LogP contribution < -0.4 is 11.1 Å². The van der Waals surface area contributed by atoms with Crippen LogP contribution in [0.3, 0.4) is 0 Å². The summed E-state index contributed by atoms with van der Waals surface area (Å²) in [7, 11) is 0. The molecule has 14 heteroatoms. The number of β-lactam (4-membered cyclic amide) rings is 1. The number of carboxylic acid groups (broad SMARTS) is 1. The molecule has 4 N–H and O–H groups in total. The number of aliphatic carboxylic acids is 1. The molecule has 1 saturated heterocycles. The van der Waals surface area contributed by atoms with Crippen molar-refractivity contribution in [3.63, 3.8) is 0 Å². The van der Waals surface area contributed by atoms with Crippen LogP contribution in [-0.4, -0.2) is 67.2 Å². The molecule has 2 aliphatic heterocycles. The first-order chi connectivity index (χ1) is 17.4. The first kappa shape index (κ1) is 25.7. The van der Waals surface area contributed by atoms with E-state index in [1.807, 2.05) is 19.1 Å². The number of carbonyl (C=O) groups is 3. The molecule has 2 atom stereocenters. The Bertz CT molecular complexity index is 1250. The van der Waals surface area contributed by atoms with Crippen molar-refractivity contribution in [3.05, 3.63) is 57.2 Å². The van der Waals surface area contributed by atoms with Crippen molar-refractivity contribution in [2.24, 2.45) is 5.16 Å². The summed E-state index contributed by atoms with van der Waals surface area (Å²) in [6.45, 7) is 2.19. The lowest BCUT2D eigenvalue weighted by Gasteiger charge is -2.49. The van der Waals surface area contributed by atoms with Gasteiger partial charge in [-0.3, -0.25) is 19.5 Å². The van der Waals surface area contributed by atoms with Crippen molar-refractivity contribution in [2.45, 2.75) is 24.8 Å². The van der Waals surface area contributed by atoms with Gasteiger partial charge in [0.05, 0.1) is 0 Å². The number of hydrogen-bond acceptors (Lipinski definition) is 11. The van der Waals surface area contributed by atoms with Crippen LogP contribution in [0.1, 0.15) is 24.6 Å². The number of nitrogens with zero attached hydrogens (tertiary/aromatic N) is 4. The van der Waals surface area contributed by atoms with Gasteiger partial charge in [0, 0.05) is 28.4 Å². The van der Waals surface area contributed by atoms with Gasteiger partial charge < -0.3 is 21.0 Å². The number of hydrogen-bond donors (Lipinski definition) is 3. The molecular formula is C22H22N6O5S3. The van der Waals surface area contributed by atoms with Crippen molar-refractivity contribution >= 4 is 69.6 Å². The number of thioether (sulfide) groups is 2. The second-order valence-electron chi connectivity index (χ2n) is 7.49. The zero-order valence-corrected chi connectivity index (χ0v) is 21.4. The van der Waals surface area contributed by atoms with Crippen LogP contribution in [-0.2, 0) is 19.2 Å². The van der Waals surface area contributed by atoms with Crippen molar-refractivity contribution in [3.8, 4) is 0 Å². The quantitative estimate of drug-likeness (QED) is 0.175. The van der Waals surface area contributed by atoms with E-state index in [1.54, 1.807) is 29.2 Å². The minimum Gasteiger partial charge on any atom is -0.477 e. The fourth-order valence-electron chi connectivity index (χ4n) is 3.36. The Balaban J connectivity index is 1.48. The minimum atomic E-state index is -1.20. The average Bonchev–Trinajstić information content (AvgIpc) is 3.30. The van der Waals surface area contributed by atoms with Gasteiger partial charge in [0.15, 0.2) is 10.8 Å². The highest BCUT2D eigenvalue weighted by molar-refractivity contribution is 8.08. The molecule has 188 valence electrons. The molecule has 36 heavy (non-hydrogen) atoms. The number of carboxylic acids is 1. The van der Waals surface area contributed by atoms with E-state index < -0.39 is 29.2 Å². The SMILES string of the molecule is CCCON=C(C(=O)NC1C(=O)N2C(C(=O)O)=C(S/C=C\c3cccnc3)CS[C@H]12)c1csc(N)n1. The number of pyridine rings is 1. The number of nitrogen functional groups attached to an aromatic ring is 1. The third-order valence-corrected chi connectivity index (χ3v) is 8.04. The highest BCUT2D eigenvalue weighted by atomic mass is 32.2. The van der Waals surface area contributed by atoms with Crippen LogP contribution in [0.2, 0.25) is 0 Å². The van der Waals surface area contributed by atoms with Gasteiger partial charge in [-0.2, -0.15) is 0 Å². The van der Waals surface area contributed by atoms with Crippen molar-refractivity contribution in [1.82, 2.24) is 20.2 Å². The number of nitrogens with two attached hydrogens (primary N) is 1. The maximum atomic E-state index is 13.0. The van der Waals surface area contributed by atoms with E-state index >= 15 is 0 Å². The van der Waals surface area contributed by atoms with Gasteiger partial charge in [-0.05, 0) is 29.5 Å². The maximum Gasteiger partial charge on any atom is 0.353 e. The number of oxime groups is 1. The number of aromatic nitrogens is 2. The van der Waals surface area contributed by atoms with Crippen LogP contribution in [0.4, 0.5) is 5.13 Å². The first-order valence-electron chi connectivity index (χ1n) is 10.8. The molecule has 11 nitrogen and oxygen atoms in total. The normalized spacial score (nSPS) is 19.8. The fourth-order valence-corrected chi connectivity index (χ4v) is 6.27. The van der Waals surface area contributed by atoms with Gasteiger partial charge in [0.2, 0.25) is 0 Å². The lowest BCUT2D eigenvalue weighted by Crippen LogP contribution is -2.71. The van der Waals surface area contributed by atoms with Crippen LogP contribution in [0.15, 0.2) is 51.1 Å². The van der Waals surface area contributed by atoms with E-state index in [0.29, 0.717) is 23.7 Å². The predicted molar refractivity (Wildman–Crippen MR) is 140 cm³/mol. The highest BCUT2D eigenvalue weighted by Crippen LogP contribution is 2.43. The molecule has 1 unspecified atom stereocenters. The number of carbonyl (C=O) groups excluding carboxylic acids is 2. The standard InChI is InChI=1S/C22H22N6O5S3/c1-2-7-33-27-15(13-10-36-22(23)25-13)18(29)26-16-19(30)28-17(21(31)32)14(11-35-20(16)28)34-8-5-12-4-3-6-24-9-12/h3-6,8-10,16,20H,2,7,11H2,1H3,(H2,23,25)(H,26,29)(H,31,32)/b8-5-,27-15?/t16?,20-/m1/s1. The predicted octanol–water partition coefficient (Wildman–Crippen LogP) is 2.35. The second kappa shape index (κ2) is 11.6. The van der Waals surface area contributed by atoms with E-state index in [-0.39, 0.29) is 22.2 Å². The number of fused-ring (bicyclic) bond motifs is 1. The summed E-state index contributed by atoms with van der Waals surface area (Å²) in [5.74, 6) is -2.01. The summed E-state index contributed by atoms with van der Waals surface area (Å²) in [5.41, 5.74) is 6.61. The smallest absolute Gasteiger partial charge is 0.353 e. The fraction of sp³-hybridized carbons (Fsp3) is 0.273. The summed E-state index contributed by atoms with van der Waals surface area (Å²) in [5, 5.41) is 19.4. The topological polar surface area (TPSA) is 160 Å². The molecule has 0 saturated carbocycles. The Labute approximate surface area is 218 Å². The van der Waals surface area contributed by atoms with Crippen LogP contribution in [0.5, 0.6) is 0 Å². The molecule has 4 heterocycles. The van der Waals surface area contributed by atoms with Gasteiger partial charge in [-0.15, -0.1) is 23.1 Å². The van der Waals surface area contributed by atoms with E-state index in [4.69, 9.17) is 10.6 Å². The van der Waals surface area contributed by atoms with Gasteiger partial charge in [-0.1, -0.05) is 29.9 Å². The number of thiazole rings is 1. The molecule has 0 radical (unpaired) electrons. The summed E-state index contributed by atoms with van der Waals surface area (Å²) in [4.78, 5) is 53.1. The molecule has 4 rings (SSSR count). The van der Waals surface area contributed by atoms with Gasteiger partial charge >= 0.3 is 5.97 Å². The largest absolute Gasteiger partial charge is 0.477 e. The van der Waals surface area contributed by atoms with Crippen LogP contribution in [0.25, 0.3) is 6.08 Å². The summed E-state index contributed by atoms with van der Waals surface area (Å²) < 4.78 is 0. The lowest BCUT2D eigenvalue weighted by atomic mass is 10.0. The first-order valence-corrected chi connectivity index (χ1v) is 13.6. The van der Waals surface area contributed by atoms with E-state index in [9.17, 15) is 19.5 Å². The molecule has 0 bridgehead atoms. The third kappa shape index (κ3) is 5.55. The van der Waals surface area contributed by atoms with E-state index in [2.05, 4.69) is 20.4 Å². The van der Waals surface area contributed by atoms with Crippen molar-refractivity contribution in [2.75, 3.05) is 18.1 Å². The number of rotatable bonds is 10.